The minimum Gasteiger partial charge on any atom is -0.403 e. The highest BCUT2D eigenvalue weighted by Crippen LogP contribution is 2.35. The van der Waals surface area contributed by atoms with Crippen LogP contribution in [0.2, 0.25) is 0 Å². The van der Waals surface area contributed by atoms with Gasteiger partial charge in [0.1, 0.15) is 0 Å². The molecule has 3 unspecified atom stereocenters. The molecule has 1 aromatic rings. The largest absolute Gasteiger partial charge is 0.573 e. The fourth-order valence-electron chi connectivity index (χ4n) is 6.31. The van der Waals surface area contributed by atoms with Crippen LogP contribution in [0, 0.1) is 23.6 Å². The monoisotopic (exact) mass is 527 g/mol. The van der Waals surface area contributed by atoms with E-state index in [1.54, 1.807) is 0 Å². The summed E-state index contributed by atoms with van der Waals surface area (Å²) in [5.74, 6) is -0.979. The second-order valence-corrected chi connectivity index (χ2v) is 10.7. The van der Waals surface area contributed by atoms with E-state index < -0.39 is 17.9 Å². The topological polar surface area (TPSA) is 85.9 Å². The van der Waals surface area contributed by atoms with E-state index in [1.165, 1.54) is 6.07 Å². The Morgan fingerprint density at radius 3 is 2.35 bits per heavy atom. The number of nitrogens with one attached hydrogen (secondary N) is 3. The zero-order chi connectivity index (χ0) is 26.2. The first-order valence-corrected chi connectivity index (χ1v) is 13.0. The van der Waals surface area contributed by atoms with Gasteiger partial charge in [-0.25, -0.2) is 15.2 Å². The summed E-state index contributed by atoms with van der Waals surface area (Å²) >= 11 is 0. The van der Waals surface area contributed by atoms with Crippen LogP contribution < -0.4 is 21.1 Å². The molecule has 3 heterocycles. The highest BCUT2D eigenvalue weighted by atomic mass is 19.4. The third kappa shape index (κ3) is 6.18. The fraction of sp³-hybridized carbons (Fsp3) is 0.680. The van der Waals surface area contributed by atoms with Crippen LogP contribution in [0.1, 0.15) is 44.1 Å². The Kier molecular flexibility index (Phi) is 7.60. The second-order valence-electron chi connectivity index (χ2n) is 10.7. The van der Waals surface area contributed by atoms with E-state index in [2.05, 4.69) is 21.1 Å². The molecule has 0 radical (unpaired) electrons. The Morgan fingerprint density at radius 1 is 0.973 bits per heavy atom. The number of fused-ring (bicyclic) bond motifs is 2. The maximum absolute atomic E-state index is 14.0. The van der Waals surface area contributed by atoms with Gasteiger partial charge in [0.05, 0.1) is 0 Å². The fourth-order valence-corrected chi connectivity index (χ4v) is 6.31. The lowest BCUT2D eigenvalue weighted by Gasteiger charge is -2.32. The van der Waals surface area contributed by atoms with Crippen molar-refractivity contribution in [3.05, 3.63) is 29.6 Å². The van der Waals surface area contributed by atoms with Gasteiger partial charge in [-0.15, -0.1) is 13.2 Å². The van der Waals surface area contributed by atoms with E-state index in [0.717, 1.165) is 57.3 Å². The van der Waals surface area contributed by atoms with Crippen LogP contribution in [-0.4, -0.2) is 66.2 Å². The number of carbonyl (C=O) groups is 2. The van der Waals surface area contributed by atoms with Crippen LogP contribution in [-0.2, 0) is 16.0 Å². The van der Waals surface area contributed by atoms with Gasteiger partial charge in [0.15, 0.2) is 11.6 Å². The summed E-state index contributed by atoms with van der Waals surface area (Å²) in [6.07, 6.45) is -0.206. The van der Waals surface area contributed by atoms with Crippen LogP contribution in [0.15, 0.2) is 18.2 Å². The summed E-state index contributed by atoms with van der Waals surface area (Å²) in [6.45, 7) is 2.71. The molecule has 4 fully saturated rings. The molecule has 37 heavy (non-hydrogen) atoms. The molecule has 4 aliphatic rings. The molecule has 5 atom stereocenters. The van der Waals surface area contributed by atoms with E-state index in [1.807, 2.05) is 9.80 Å². The van der Waals surface area contributed by atoms with Crippen LogP contribution in [0.3, 0.4) is 0 Å². The molecule has 1 aliphatic carbocycles. The molecule has 0 spiro atoms. The number of benzene rings is 1. The number of hydrogen-bond acceptors (Lipinski definition) is 6. The Morgan fingerprint density at radius 2 is 1.68 bits per heavy atom. The SMILES string of the molecule is O=C(CCc1ccc(OC(F)(F)F)c(F)c1)N1CC[C@@H]2CN(C(=O)C3CCC4NNNC4C3)C[C@@H]2CC1. The predicted molar refractivity (Wildman–Crippen MR) is 125 cm³/mol. The normalized spacial score (nSPS) is 30.0. The van der Waals surface area contributed by atoms with Gasteiger partial charge in [-0.3, -0.25) is 9.59 Å². The standard InChI is InChI=1S/C25H33F4N5O3/c26-19-11-15(1-5-22(19)37-25(27,28)29)2-6-23(35)33-9-7-17-13-34(14-18(17)8-10-33)24(36)16-3-4-20-21(12-16)31-32-30-20/h1,5,11,16-18,20-21,30-32H,2-4,6-10,12-14H2/t16?,17-,18+,20?,21?. The first-order valence-electron chi connectivity index (χ1n) is 13.0. The number of amides is 2. The number of hydrogen-bond donors (Lipinski definition) is 3. The molecule has 3 saturated heterocycles. The van der Waals surface area contributed by atoms with Crippen LogP contribution in [0.25, 0.3) is 0 Å². The molecule has 3 N–H and O–H groups in total. The van der Waals surface area contributed by atoms with Crippen molar-refractivity contribution in [1.29, 1.82) is 0 Å². The van der Waals surface area contributed by atoms with Crippen molar-refractivity contribution in [2.75, 3.05) is 26.2 Å². The third-order valence-corrected chi connectivity index (χ3v) is 8.34. The molecule has 0 aromatic heterocycles. The van der Waals surface area contributed by atoms with Gasteiger partial charge in [0.2, 0.25) is 11.8 Å². The van der Waals surface area contributed by atoms with Crippen LogP contribution in [0.5, 0.6) is 5.75 Å². The molecule has 1 saturated carbocycles. The zero-order valence-corrected chi connectivity index (χ0v) is 20.5. The number of likely N-dealkylation sites (tertiary alicyclic amines) is 2. The molecule has 8 nitrogen and oxygen atoms in total. The van der Waals surface area contributed by atoms with Gasteiger partial charge in [-0.1, -0.05) is 6.07 Å². The Balaban J connectivity index is 1.08. The first-order chi connectivity index (χ1) is 17.7. The smallest absolute Gasteiger partial charge is 0.403 e. The lowest BCUT2D eigenvalue weighted by atomic mass is 9.82. The summed E-state index contributed by atoms with van der Waals surface area (Å²) in [7, 11) is 0. The number of halogens is 4. The van der Waals surface area contributed by atoms with Crippen molar-refractivity contribution in [3.63, 3.8) is 0 Å². The van der Waals surface area contributed by atoms with Crippen molar-refractivity contribution >= 4 is 11.8 Å². The minimum atomic E-state index is -4.96. The quantitative estimate of drug-likeness (QED) is 0.511. The summed E-state index contributed by atoms with van der Waals surface area (Å²) in [6, 6.07) is 3.91. The number of carbonyl (C=O) groups excluding carboxylic acids is 2. The second kappa shape index (κ2) is 10.7. The molecular formula is C25H33F4N5O3. The van der Waals surface area contributed by atoms with Crippen molar-refractivity contribution < 1.29 is 31.9 Å². The number of hydrazine groups is 2. The molecule has 12 heteroatoms. The van der Waals surface area contributed by atoms with E-state index in [-0.39, 0.29) is 36.6 Å². The van der Waals surface area contributed by atoms with Gasteiger partial charge in [0.25, 0.3) is 0 Å². The van der Waals surface area contributed by atoms with Gasteiger partial charge >= 0.3 is 6.36 Å². The highest BCUT2D eigenvalue weighted by Gasteiger charge is 2.42. The number of nitrogens with zero attached hydrogens (tertiary/aromatic N) is 2. The van der Waals surface area contributed by atoms with E-state index in [9.17, 15) is 27.2 Å². The zero-order valence-electron chi connectivity index (χ0n) is 20.5. The first kappa shape index (κ1) is 26.2. The summed E-state index contributed by atoms with van der Waals surface area (Å²) < 4.78 is 54.6. The van der Waals surface area contributed by atoms with Gasteiger partial charge in [-0.2, -0.15) is 5.53 Å². The van der Waals surface area contributed by atoms with E-state index in [4.69, 9.17) is 0 Å². The van der Waals surface area contributed by atoms with Gasteiger partial charge in [-0.05, 0) is 68.1 Å². The molecule has 5 rings (SSSR count). The maximum Gasteiger partial charge on any atom is 0.573 e. The van der Waals surface area contributed by atoms with Gasteiger partial charge < -0.3 is 14.5 Å². The number of aryl methyl sites for hydroxylation is 1. The maximum atomic E-state index is 14.0. The summed E-state index contributed by atoms with van der Waals surface area (Å²) in [5.41, 5.74) is 9.82. The summed E-state index contributed by atoms with van der Waals surface area (Å²) in [4.78, 5) is 29.9. The average Bonchev–Trinajstić information content (AvgIpc) is 3.44. The van der Waals surface area contributed by atoms with Crippen LogP contribution in [0.4, 0.5) is 17.6 Å². The lowest BCUT2D eigenvalue weighted by Crippen LogP contribution is -2.45. The van der Waals surface area contributed by atoms with E-state index in [0.29, 0.717) is 36.5 Å². The average molecular weight is 528 g/mol. The molecule has 1 aromatic carbocycles. The lowest BCUT2D eigenvalue weighted by molar-refractivity contribution is -0.275. The number of alkyl halides is 3. The van der Waals surface area contributed by atoms with Gasteiger partial charge in [0, 0.05) is 50.6 Å². The molecule has 3 aliphatic heterocycles. The summed E-state index contributed by atoms with van der Waals surface area (Å²) in [5, 5.41) is 0. The van der Waals surface area contributed by atoms with E-state index >= 15 is 0 Å². The Labute approximate surface area is 213 Å². The van der Waals surface area contributed by atoms with Crippen molar-refractivity contribution in [3.8, 4) is 5.75 Å². The highest BCUT2D eigenvalue weighted by molar-refractivity contribution is 5.79. The Hall–Kier alpha value is -2.44. The molecular weight excluding hydrogens is 494 g/mol. The molecule has 2 amide bonds. The van der Waals surface area contributed by atoms with Crippen molar-refractivity contribution in [2.24, 2.45) is 17.8 Å². The predicted octanol–water partition coefficient (Wildman–Crippen LogP) is 2.50. The molecule has 204 valence electrons. The Bertz CT molecular complexity index is 993. The van der Waals surface area contributed by atoms with Crippen molar-refractivity contribution in [1.82, 2.24) is 26.2 Å². The van der Waals surface area contributed by atoms with Crippen LogP contribution >= 0.6 is 0 Å². The molecule has 0 bridgehead atoms. The minimum absolute atomic E-state index is 0.0491. The number of ether oxygens (including phenoxy) is 1. The third-order valence-electron chi connectivity index (χ3n) is 8.34. The number of rotatable bonds is 5. The van der Waals surface area contributed by atoms with Crippen molar-refractivity contribution in [2.45, 2.75) is 63.4 Å².